The van der Waals surface area contributed by atoms with Crippen LogP contribution in [-0.2, 0) is 36.9 Å². The summed E-state index contributed by atoms with van der Waals surface area (Å²) in [6.07, 6.45) is -3.10. The van der Waals surface area contributed by atoms with Gasteiger partial charge in [0.1, 0.15) is 22.4 Å². The molecule has 0 bridgehead atoms. The Morgan fingerprint density at radius 1 is 1.23 bits per heavy atom. The molecule has 0 saturated carbocycles. The number of ether oxygens (including phenoxy) is 1. The standard InChI is InChI=1S/C29H31F3N6O5S.CH2O2/c1-18-24(26(39)43-4)25(23-11-10-19(16-33)14-20(23)17-38(2,3)12-7-13-44(5,41)42)37-27(34-35-28(37)40)36(18)22-9-6-8-21(15-22)29(30,31)32;2-1-3/h6,8-11,14-15,25H,7,12-13,17H2,1-5H3;1H,(H,2,3)/p+1/t25-;/m1./s1. The lowest BCUT2D eigenvalue weighted by atomic mass is 9.89. The van der Waals surface area contributed by atoms with Crippen LogP contribution in [0.4, 0.5) is 24.8 Å². The number of benzene rings is 2. The molecular weight excluding hydrogens is 645 g/mol. The summed E-state index contributed by atoms with van der Waals surface area (Å²) in [5.41, 5.74) is -0.0975. The Kier molecular flexibility index (Phi) is 11.0. The van der Waals surface area contributed by atoms with Gasteiger partial charge in [-0.1, -0.05) is 12.1 Å². The van der Waals surface area contributed by atoms with Crippen molar-refractivity contribution in [1.82, 2.24) is 14.8 Å². The van der Waals surface area contributed by atoms with Crippen LogP contribution in [0.1, 0.15) is 41.6 Å². The number of hydrogen-bond acceptors (Lipinski definition) is 9. The number of methoxy groups -OCH3 is 1. The molecule has 0 amide bonds. The molecule has 0 fully saturated rings. The number of rotatable bonds is 9. The number of quaternary nitrogens is 1. The van der Waals surface area contributed by atoms with Crippen molar-refractivity contribution in [2.24, 2.45) is 0 Å². The first-order valence-corrected chi connectivity index (χ1v) is 16.0. The third-order valence-electron chi connectivity index (χ3n) is 7.42. The second-order valence-electron chi connectivity index (χ2n) is 11.4. The van der Waals surface area contributed by atoms with Crippen LogP contribution in [0.3, 0.4) is 0 Å². The van der Waals surface area contributed by atoms with Crippen molar-refractivity contribution >= 4 is 33.9 Å². The van der Waals surface area contributed by atoms with E-state index >= 15 is 0 Å². The van der Waals surface area contributed by atoms with Gasteiger partial charge in [0.2, 0.25) is 5.95 Å². The average Bonchev–Trinajstić information content (AvgIpc) is 3.35. The Morgan fingerprint density at radius 3 is 2.47 bits per heavy atom. The zero-order valence-electron chi connectivity index (χ0n) is 26.2. The number of nitrogens with one attached hydrogen (secondary N) is 1. The molecule has 17 heteroatoms. The normalized spacial score (nSPS) is 14.9. The lowest BCUT2D eigenvalue weighted by Crippen LogP contribution is -2.42. The monoisotopic (exact) mass is 679 g/mol. The van der Waals surface area contributed by atoms with Crippen LogP contribution < -0.4 is 10.6 Å². The topological polar surface area (TPSA) is 175 Å². The summed E-state index contributed by atoms with van der Waals surface area (Å²) in [7, 11) is 1.75. The first-order valence-electron chi connectivity index (χ1n) is 13.9. The fourth-order valence-corrected chi connectivity index (χ4v) is 6.11. The molecule has 0 saturated heterocycles. The molecule has 1 aliphatic rings. The molecule has 252 valence electrons. The fraction of sp³-hybridized carbons (Fsp3) is 0.367. The molecule has 1 atom stereocenters. The van der Waals surface area contributed by atoms with Crippen LogP contribution >= 0.6 is 0 Å². The number of H-pyrrole nitrogens is 1. The van der Waals surface area contributed by atoms with Gasteiger partial charge in [0.05, 0.1) is 56.3 Å². The lowest BCUT2D eigenvalue weighted by Gasteiger charge is -2.37. The molecule has 0 aliphatic carbocycles. The number of esters is 1. The van der Waals surface area contributed by atoms with Crippen molar-refractivity contribution in [3.05, 3.63) is 86.5 Å². The molecule has 0 spiro atoms. The summed E-state index contributed by atoms with van der Waals surface area (Å²) in [6, 6.07) is 10.2. The molecule has 1 aromatic heterocycles. The summed E-state index contributed by atoms with van der Waals surface area (Å²) < 4.78 is 70.9. The van der Waals surface area contributed by atoms with E-state index in [-0.39, 0.29) is 41.7 Å². The highest BCUT2D eigenvalue weighted by Crippen LogP contribution is 2.43. The summed E-state index contributed by atoms with van der Waals surface area (Å²) in [5.74, 6) is -0.877. The number of aromatic amines is 1. The first-order chi connectivity index (χ1) is 21.9. The largest absolute Gasteiger partial charge is 0.483 e. The molecule has 2 heterocycles. The van der Waals surface area contributed by atoms with E-state index in [0.29, 0.717) is 34.1 Å². The maximum atomic E-state index is 13.6. The Morgan fingerprint density at radius 2 is 1.89 bits per heavy atom. The number of sulfone groups is 1. The zero-order chi connectivity index (χ0) is 35.3. The number of nitriles is 1. The number of alkyl halides is 3. The fourth-order valence-electron chi connectivity index (χ4n) is 5.45. The van der Waals surface area contributed by atoms with Crippen molar-refractivity contribution in [3.8, 4) is 6.07 Å². The van der Waals surface area contributed by atoms with Crippen LogP contribution in [0.25, 0.3) is 0 Å². The number of carboxylic acid groups (broad SMARTS) is 1. The van der Waals surface area contributed by atoms with Gasteiger partial charge in [-0.15, -0.1) is 5.10 Å². The number of fused-ring (bicyclic) bond motifs is 1. The second kappa shape index (κ2) is 14.2. The Labute approximate surface area is 268 Å². The van der Waals surface area contributed by atoms with Crippen LogP contribution in [-0.4, -0.2) is 85.0 Å². The molecule has 4 rings (SSSR count). The highest BCUT2D eigenvalue weighted by atomic mass is 32.2. The third kappa shape index (κ3) is 8.45. The molecule has 3 aromatic rings. The van der Waals surface area contributed by atoms with Gasteiger partial charge in [-0.2, -0.15) is 18.4 Å². The predicted octanol–water partition coefficient (Wildman–Crippen LogP) is 3.36. The minimum atomic E-state index is -4.65. The number of carbonyl (C=O) groups excluding carboxylic acids is 1. The Hall–Kier alpha value is -4.95. The number of anilines is 2. The SMILES string of the molecule is COC(=O)C1=C(C)N(c2cccc(C(F)(F)F)c2)c2n[nH]c(=O)n2[C@@H]1c1ccc(C#N)cc1C[N+](C)(C)CCCS(C)(=O)=O.O=CO. The van der Waals surface area contributed by atoms with E-state index in [9.17, 15) is 36.4 Å². The van der Waals surface area contributed by atoms with Crippen molar-refractivity contribution in [1.29, 1.82) is 5.26 Å². The van der Waals surface area contributed by atoms with Crippen molar-refractivity contribution < 1.29 is 45.5 Å². The van der Waals surface area contributed by atoms with Crippen LogP contribution in [0, 0.1) is 11.3 Å². The molecule has 13 nitrogen and oxygen atoms in total. The van der Waals surface area contributed by atoms with E-state index in [1.807, 2.05) is 14.1 Å². The number of nitrogens with zero attached hydrogens (tertiary/aromatic N) is 5. The quantitative estimate of drug-likeness (QED) is 0.194. The summed E-state index contributed by atoms with van der Waals surface area (Å²) >= 11 is 0. The van der Waals surface area contributed by atoms with E-state index < -0.39 is 39.3 Å². The van der Waals surface area contributed by atoms with Gasteiger partial charge < -0.3 is 14.3 Å². The van der Waals surface area contributed by atoms with E-state index in [1.165, 1.54) is 34.6 Å². The molecular formula is C30H34F3N6O7S+. The Bertz CT molecular complexity index is 1890. The van der Waals surface area contributed by atoms with Crippen LogP contribution in [0.5, 0.6) is 0 Å². The van der Waals surface area contributed by atoms with Gasteiger partial charge >= 0.3 is 17.8 Å². The summed E-state index contributed by atoms with van der Waals surface area (Å²) in [6.45, 7) is 2.03. The molecule has 2 N–H and O–H groups in total. The van der Waals surface area contributed by atoms with E-state index in [2.05, 4.69) is 16.3 Å². The molecule has 0 unspecified atom stereocenters. The van der Waals surface area contributed by atoms with Gasteiger partial charge in [0.15, 0.2) is 0 Å². The van der Waals surface area contributed by atoms with Gasteiger partial charge in [-0.25, -0.2) is 27.7 Å². The van der Waals surface area contributed by atoms with E-state index in [4.69, 9.17) is 14.6 Å². The number of halogens is 3. The molecule has 1 aliphatic heterocycles. The summed E-state index contributed by atoms with van der Waals surface area (Å²) in [5, 5.41) is 23.0. The van der Waals surface area contributed by atoms with E-state index in [1.54, 1.807) is 12.1 Å². The molecule has 47 heavy (non-hydrogen) atoms. The van der Waals surface area contributed by atoms with Crippen molar-refractivity contribution in [2.45, 2.75) is 32.1 Å². The maximum absolute atomic E-state index is 13.6. The molecule has 2 aromatic carbocycles. The number of aromatic nitrogens is 3. The third-order valence-corrected chi connectivity index (χ3v) is 8.45. The number of hydrogen-bond donors (Lipinski definition) is 2. The van der Waals surface area contributed by atoms with E-state index in [0.717, 1.165) is 25.5 Å². The van der Waals surface area contributed by atoms with Crippen molar-refractivity contribution in [2.75, 3.05) is 44.7 Å². The van der Waals surface area contributed by atoms with Crippen LogP contribution in [0.15, 0.2) is 58.5 Å². The van der Waals surface area contributed by atoms with Gasteiger partial charge in [-0.3, -0.25) is 9.69 Å². The maximum Gasteiger partial charge on any atom is 0.416 e. The van der Waals surface area contributed by atoms with Gasteiger partial charge in [0.25, 0.3) is 6.47 Å². The smallest absolute Gasteiger partial charge is 0.416 e. The minimum Gasteiger partial charge on any atom is -0.483 e. The predicted molar refractivity (Wildman–Crippen MR) is 164 cm³/mol. The lowest BCUT2D eigenvalue weighted by molar-refractivity contribution is -0.903. The summed E-state index contributed by atoms with van der Waals surface area (Å²) in [4.78, 5) is 36.4. The minimum absolute atomic E-state index is 0.00400. The highest BCUT2D eigenvalue weighted by molar-refractivity contribution is 7.90. The van der Waals surface area contributed by atoms with Crippen LogP contribution in [0.2, 0.25) is 0 Å². The average molecular weight is 680 g/mol. The Balaban J connectivity index is 0.00000192. The van der Waals surface area contributed by atoms with Crippen molar-refractivity contribution in [3.63, 3.8) is 0 Å². The molecule has 0 radical (unpaired) electrons. The number of allylic oxidation sites excluding steroid dienone is 1. The second-order valence-corrected chi connectivity index (χ2v) is 13.7. The zero-order valence-corrected chi connectivity index (χ0v) is 27.0. The number of carbonyl (C=O) groups is 2. The van der Waals surface area contributed by atoms with Gasteiger partial charge in [-0.05, 0) is 42.8 Å². The van der Waals surface area contributed by atoms with Gasteiger partial charge in [0, 0.05) is 29.6 Å². The first kappa shape index (κ1) is 36.5. The highest BCUT2D eigenvalue weighted by Gasteiger charge is 2.41.